The van der Waals surface area contributed by atoms with Crippen LogP contribution in [-0.4, -0.2) is 7.05 Å². The summed E-state index contributed by atoms with van der Waals surface area (Å²) in [5, 5.41) is 3.01. The van der Waals surface area contributed by atoms with E-state index in [9.17, 15) is 0 Å². The quantitative estimate of drug-likeness (QED) is 0.615. The number of hydrogen-bond donors (Lipinski definition) is 1. The summed E-state index contributed by atoms with van der Waals surface area (Å²) in [4.78, 5) is 0. The van der Waals surface area contributed by atoms with E-state index in [1.165, 1.54) is 5.57 Å². The van der Waals surface area contributed by atoms with Crippen molar-refractivity contribution in [2.75, 3.05) is 7.05 Å². The summed E-state index contributed by atoms with van der Waals surface area (Å²) in [6, 6.07) is 0. The molecule has 0 amide bonds. The molecule has 0 aliphatic heterocycles. The van der Waals surface area contributed by atoms with Gasteiger partial charge in [0.1, 0.15) is 0 Å². The lowest BCUT2D eigenvalue weighted by Gasteiger charge is -2.22. The van der Waals surface area contributed by atoms with E-state index in [0.29, 0.717) is 0 Å². The average Bonchev–Trinajstić information content (AvgIpc) is 1.85. The van der Waals surface area contributed by atoms with Crippen LogP contribution in [0.1, 0.15) is 27.2 Å². The predicted octanol–water partition coefficient (Wildman–Crippen LogP) is 2.71. The predicted molar refractivity (Wildman–Crippen MR) is 51.4 cm³/mol. The van der Waals surface area contributed by atoms with Gasteiger partial charge in [0.25, 0.3) is 0 Å². The number of rotatable bonds is 3. The van der Waals surface area contributed by atoms with Gasteiger partial charge in [0.15, 0.2) is 0 Å². The second-order valence-electron chi connectivity index (χ2n) is 3.88. The van der Waals surface area contributed by atoms with Crippen molar-refractivity contribution in [1.82, 2.24) is 5.32 Å². The Labute approximate surface area is 70.2 Å². The molecule has 0 heterocycles. The molecule has 11 heavy (non-hydrogen) atoms. The maximum absolute atomic E-state index is 4.01. The highest BCUT2D eigenvalue weighted by Gasteiger charge is 2.14. The highest BCUT2D eigenvalue weighted by Crippen LogP contribution is 2.27. The summed E-state index contributed by atoms with van der Waals surface area (Å²) in [6.45, 7) is 14.4. The van der Waals surface area contributed by atoms with E-state index in [0.717, 1.165) is 12.1 Å². The molecule has 0 saturated carbocycles. The van der Waals surface area contributed by atoms with Gasteiger partial charge in [-0.15, -0.1) is 0 Å². The third-order valence-corrected chi connectivity index (χ3v) is 1.84. The van der Waals surface area contributed by atoms with E-state index in [1.807, 2.05) is 7.05 Å². The zero-order valence-electron chi connectivity index (χ0n) is 8.12. The van der Waals surface area contributed by atoms with E-state index in [-0.39, 0.29) is 5.41 Å². The van der Waals surface area contributed by atoms with Crippen LogP contribution < -0.4 is 5.32 Å². The molecule has 0 bridgehead atoms. The van der Waals surface area contributed by atoms with E-state index < -0.39 is 0 Å². The molecule has 0 radical (unpaired) electrons. The Hall–Kier alpha value is -0.720. The summed E-state index contributed by atoms with van der Waals surface area (Å²) in [6.07, 6.45) is 0.875. The van der Waals surface area contributed by atoms with Gasteiger partial charge in [-0.25, -0.2) is 0 Å². The van der Waals surface area contributed by atoms with Crippen LogP contribution in [0.5, 0.6) is 0 Å². The molecule has 0 aliphatic carbocycles. The molecular formula is C10H19N. The van der Waals surface area contributed by atoms with Crippen molar-refractivity contribution in [1.29, 1.82) is 0 Å². The lowest BCUT2D eigenvalue weighted by atomic mass is 9.85. The molecule has 0 spiro atoms. The van der Waals surface area contributed by atoms with Gasteiger partial charge in [0.2, 0.25) is 0 Å². The minimum absolute atomic E-state index is 0.194. The van der Waals surface area contributed by atoms with Crippen molar-refractivity contribution >= 4 is 0 Å². The van der Waals surface area contributed by atoms with E-state index in [2.05, 4.69) is 39.2 Å². The van der Waals surface area contributed by atoms with Crippen molar-refractivity contribution < 1.29 is 0 Å². The third-order valence-electron chi connectivity index (χ3n) is 1.84. The average molecular weight is 153 g/mol. The fourth-order valence-corrected chi connectivity index (χ4v) is 0.611. The normalized spacial score (nSPS) is 10.9. The van der Waals surface area contributed by atoms with Crippen LogP contribution in [0.3, 0.4) is 0 Å². The Morgan fingerprint density at radius 3 is 2.00 bits per heavy atom. The van der Waals surface area contributed by atoms with Gasteiger partial charge in [-0.05, 0) is 5.41 Å². The van der Waals surface area contributed by atoms with Crippen molar-refractivity contribution in [2.45, 2.75) is 27.2 Å². The topological polar surface area (TPSA) is 12.0 Å². The lowest BCUT2D eigenvalue weighted by Crippen LogP contribution is -2.13. The highest BCUT2D eigenvalue weighted by molar-refractivity contribution is 5.13. The Kier molecular flexibility index (Phi) is 3.37. The van der Waals surface area contributed by atoms with Gasteiger partial charge in [0, 0.05) is 19.2 Å². The molecule has 0 atom stereocenters. The zero-order chi connectivity index (χ0) is 9.07. The first-order chi connectivity index (χ1) is 4.88. The molecule has 0 rings (SSSR count). The molecule has 0 aliphatic rings. The summed E-state index contributed by atoms with van der Waals surface area (Å²) in [5.41, 5.74) is 2.45. The number of nitrogens with one attached hydrogen (secondary N) is 1. The zero-order valence-corrected chi connectivity index (χ0v) is 8.12. The van der Waals surface area contributed by atoms with Gasteiger partial charge < -0.3 is 5.32 Å². The van der Waals surface area contributed by atoms with Crippen LogP contribution in [0.2, 0.25) is 0 Å². The minimum Gasteiger partial charge on any atom is -0.392 e. The monoisotopic (exact) mass is 153 g/mol. The molecule has 0 aromatic heterocycles. The van der Waals surface area contributed by atoms with Gasteiger partial charge in [0.05, 0.1) is 0 Å². The van der Waals surface area contributed by atoms with Crippen molar-refractivity contribution in [2.24, 2.45) is 5.41 Å². The van der Waals surface area contributed by atoms with Crippen LogP contribution in [0.25, 0.3) is 0 Å². The van der Waals surface area contributed by atoms with E-state index in [4.69, 9.17) is 0 Å². The first kappa shape index (κ1) is 10.3. The minimum atomic E-state index is 0.194. The molecule has 0 aromatic carbocycles. The van der Waals surface area contributed by atoms with Gasteiger partial charge in [-0.3, -0.25) is 0 Å². The van der Waals surface area contributed by atoms with Gasteiger partial charge in [-0.2, -0.15) is 0 Å². The SMILES string of the molecule is C=C(CC(=C)C(C)(C)C)NC. The summed E-state index contributed by atoms with van der Waals surface area (Å²) in [7, 11) is 1.89. The Morgan fingerprint density at radius 2 is 1.73 bits per heavy atom. The molecule has 0 aromatic rings. The molecular weight excluding hydrogens is 134 g/mol. The Bertz CT molecular complexity index is 160. The van der Waals surface area contributed by atoms with Gasteiger partial charge in [-0.1, -0.05) is 39.5 Å². The standard InChI is InChI=1S/C10H19N/c1-8(10(3,4)5)7-9(2)11-6/h11H,1-2,7H2,3-6H3. The number of hydrogen-bond acceptors (Lipinski definition) is 1. The molecule has 0 fully saturated rings. The van der Waals surface area contributed by atoms with Crippen LogP contribution in [0.15, 0.2) is 24.4 Å². The summed E-state index contributed by atoms with van der Waals surface area (Å²) < 4.78 is 0. The first-order valence-corrected chi connectivity index (χ1v) is 3.91. The molecule has 1 heteroatoms. The first-order valence-electron chi connectivity index (χ1n) is 3.91. The molecule has 0 saturated heterocycles. The third kappa shape index (κ3) is 3.87. The summed E-state index contributed by atoms with van der Waals surface area (Å²) >= 11 is 0. The maximum Gasteiger partial charge on any atom is 0.00780 e. The summed E-state index contributed by atoms with van der Waals surface area (Å²) in [5.74, 6) is 0. The second kappa shape index (κ2) is 3.61. The largest absolute Gasteiger partial charge is 0.392 e. The molecule has 1 N–H and O–H groups in total. The van der Waals surface area contributed by atoms with Crippen LogP contribution >= 0.6 is 0 Å². The molecule has 1 nitrogen and oxygen atoms in total. The lowest BCUT2D eigenvalue weighted by molar-refractivity contribution is 0.491. The van der Waals surface area contributed by atoms with Crippen molar-refractivity contribution in [3.8, 4) is 0 Å². The van der Waals surface area contributed by atoms with Crippen molar-refractivity contribution in [3.05, 3.63) is 24.4 Å². The fraction of sp³-hybridized carbons (Fsp3) is 0.600. The fourth-order valence-electron chi connectivity index (χ4n) is 0.611. The smallest absolute Gasteiger partial charge is 0.00780 e. The Morgan fingerprint density at radius 1 is 1.27 bits per heavy atom. The molecule has 64 valence electrons. The van der Waals surface area contributed by atoms with E-state index in [1.54, 1.807) is 0 Å². The Balaban J connectivity index is 3.99. The van der Waals surface area contributed by atoms with Crippen LogP contribution in [-0.2, 0) is 0 Å². The number of allylic oxidation sites excluding steroid dienone is 1. The molecule has 0 unspecified atom stereocenters. The van der Waals surface area contributed by atoms with Crippen molar-refractivity contribution in [3.63, 3.8) is 0 Å². The van der Waals surface area contributed by atoms with Gasteiger partial charge >= 0.3 is 0 Å². The van der Waals surface area contributed by atoms with Crippen LogP contribution in [0, 0.1) is 5.41 Å². The second-order valence-corrected chi connectivity index (χ2v) is 3.88. The maximum atomic E-state index is 4.01. The van der Waals surface area contributed by atoms with E-state index >= 15 is 0 Å². The highest BCUT2D eigenvalue weighted by atomic mass is 14.8. The van der Waals surface area contributed by atoms with Crippen LogP contribution in [0.4, 0.5) is 0 Å².